The first-order valence-corrected chi connectivity index (χ1v) is 10.2. The van der Waals surface area contributed by atoms with Crippen LogP contribution in [0.2, 0.25) is 0 Å². The molecule has 0 unspecified atom stereocenters. The molecule has 2 aromatic carbocycles. The number of amides is 1. The molecule has 0 aliphatic carbocycles. The molecule has 0 atom stereocenters. The summed E-state index contributed by atoms with van der Waals surface area (Å²) in [5.41, 5.74) is 5.53. The first kappa shape index (κ1) is 21.2. The van der Waals surface area contributed by atoms with Crippen molar-refractivity contribution in [2.24, 2.45) is 0 Å². The number of anilines is 1. The van der Waals surface area contributed by atoms with Crippen molar-refractivity contribution < 1.29 is 18.8 Å². The SMILES string of the molecule is Cc1ccc(-c2nc3ccc(C)cc3c(C(=O)OCC(=O)Nc3cc(C)on3)c2C)cc1. The molecule has 0 saturated carbocycles. The number of fused-ring (bicyclic) bond motifs is 1. The second-order valence-corrected chi connectivity index (χ2v) is 7.79. The van der Waals surface area contributed by atoms with E-state index in [2.05, 4.69) is 10.5 Å². The molecule has 4 aromatic rings. The maximum atomic E-state index is 13.1. The Kier molecular flexibility index (Phi) is 5.73. The fourth-order valence-corrected chi connectivity index (χ4v) is 3.54. The van der Waals surface area contributed by atoms with Crippen LogP contribution in [0.5, 0.6) is 0 Å². The van der Waals surface area contributed by atoms with E-state index >= 15 is 0 Å². The van der Waals surface area contributed by atoms with Crippen LogP contribution in [0.15, 0.2) is 53.1 Å². The monoisotopic (exact) mass is 429 g/mol. The molecular formula is C25H23N3O4. The van der Waals surface area contributed by atoms with Gasteiger partial charge in [0, 0.05) is 17.0 Å². The number of aromatic nitrogens is 2. The molecule has 32 heavy (non-hydrogen) atoms. The smallest absolute Gasteiger partial charge is 0.339 e. The van der Waals surface area contributed by atoms with Crippen LogP contribution in [0.1, 0.15) is 32.8 Å². The second kappa shape index (κ2) is 8.63. The average Bonchev–Trinajstić information content (AvgIpc) is 3.17. The number of benzene rings is 2. The molecular weight excluding hydrogens is 406 g/mol. The van der Waals surface area contributed by atoms with Gasteiger partial charge < -0.3 is 14.6 Å². The van der Waals surface area contributed by atoms with Crippen molar-refractivity contribution in [3.63, 3.8) is 0 Å². The van der Waals surface area contributed by atoms with Gasteiger partial charge >= 0.3 is 5.97 Å². The lowest BCUT2D eigenvalue weighted by atomic mass is 9.96. The predicted octanol–water partition coefficient (Wildman–Crippen LogP) is 4.92. The van der Waals surface area contributed by atoms with E-state index in [0.29, 0.717) is 33.5 Å². The lowest BCUT2D eigenvalue weighted by Gasteiger charge is -2.15. The summed E-state index contributed by atoms with van der Waals surface area (Å²) in [7, 11) is 0. The van der Waals surface area contributed by atoms with E-state index in [9.17, 15) is 9.59 Å². The van der Waals surface area contributed by atoms with Crippen LogP contribution < -0.4 is 5.32 Å². The Balaban J connectivity index is 1.67. The van der Waals surface area contributed by atoms with Crippen LogP contribution in [0.4, 0.5) is 5.82 Å². The zero-order chi connectivity index (χ0) is 22.8. The Labute approximate surface area is 185 Å². The van der Waals surface area contributed by atoms with Gasteiger partial charge in [0.25, 0.3) is 5.91 Å². The van der Waals surface area contributed by atoms with Gasteiger partial charge in [-0.25, -0.2) is 9.78 Å². The molecule has 4 rings (SSSR count). The number of rotatable bonds is 5. The summed E-state index contributed by atoms with van der Waals surface area (Å²) in [4.78, 5) is 30.1. The number of hydrogen-bond acceptors (Lipinski definition) is 6. The molecule has 7 heteroatoms. The number of nitrogens with one attached hydrogen (secondary N) is 1. The van der Waals surface area contributed by atoms with Crippen molar-refractivity contribution in [1.29, 1.82) is 0 Å². The summed E-state index contributed by atoms with van der Waals surface area (Å²) >= 11 is 0. The number of ether oxygens (including phenoxy) is 1. The summed E-state index contributed by atoms with van der Waals surface area (Å²) < 4.78 is 10.3. The van der Waals surface area contributed by atoms with Crippen LogP contribution in [-0.2, 0) is 9.53 Å². The molecule has 0 aliphatic heterocycles. The number of esters is 1. The maximum Gasteiger partial charge on any atom is 0.339 e. The molecule has 0 radical (unpaired) electrons. The number of pyridine rings is 1. The Morgan fingerprint density at radius 1 is 0.969 bits per heavy atom. The van der Waals surface area contributed by atoms with E-state index in [1.54, 1.807) is 13.0 Å². The molecule has 2 heterocycles. The molecule has 1 amide bonds. The van der Waals surface area contributed by atoms with E-state index in [-0.39, 0.29) is 5.82 Å². The Morgan fingerprint density at radius 3 is 2.38 bits per heavy atom. The Hall–Kier alpha value is -4.00. The first-order chi connectivity index (χ1) is 15.3. The number of hydrogen-bond donors (Lipinski definition) is 1. The van der Waals surface area contributed by atoms with Gasteiger partial charge in [0.05, 0.1) is 16.8 Å². The summed E-state index contributed by atoms with van der Waals surface area (Å²) in [6.45, 7) is 7.08. The van der Waals surface area contributed by atoms with Gasteiger partial charge in [-0.3, -0.25) is 4.79 Å². The Morgan fingerprint density at radius 2 is 1.69 bits per heavy atom. The largest absolute Gasteiger partial charge is 0.452 e. The molecule has 162 valence electrons. The summed E-state index contributed by atoms with van der Waals surface area (Å²) in [6, 6.07) is 15.3. The van der Waals surface area contributed by atoms with Gasteiger partial charge in [-0.2, -0.15) is 0 Å². The van der Waals surface area contributed by atoms with Crippen molar-refractivity contribution in [1.82, 2.24) is 10.1 Å². The minimum Gasteiger partial charge on any atom is -0.452 e. The second-order valence-electron chi connectivity index (χ2n) is 7.79. The highest BCUT2D eigenvalue weighted by molar-refractivity contribution is 6.07. The third-order valence-corrected chi connectivity index (χ3v) is 5.14. The standard InChI is InChI=1S/C25H23N3O4/c1-14-5-8-18(9-6-14)24-17(4)23(19-11-15(2)7-10-20(19)26-24)25(30)31-13-22(29)27-21-12-16(3)32-28-21/h5-12H,13H2,1-4H3,(H,27,28,29). The average molecular weight is 429 g/mol. The van der Waals surface area contributed by atoms with Gasteiger partial charge in [-0.05, 0) is 45.4 Å². The van der Waals surface area contributed by atoms with Crippen LogP contribution in [-0.4, -0.2) is 28.6 Å². The number of nitrogens with zero attached hydrogens (tertiary/aromatic N) is 2. The van der Waals surface area contributed by atoms with Gasteiger partial charge in [-0.15, -0.1) is 0 Å². The first-order valence-electron chi connectivity index (χ1n) is 10.2. The number of aryl methyl sites for hydroxylation is 3. The van der Waals surface area contributed by atoms with Gasteiger partial charge in [0.1, 0.15) is 5.76 Å². The molecule has 0 spiro atoms. The van der Waals surface area contributed by atoms with Crippen LogP contribution in [0.25, 0.3) is 22.2 Å². The number of carbonyl (C=O) groups is 2. The Bertz CT molecular complexity index is 1320. The third kappa shape index (κ3) is 4.37. The molecule has 1 N–H and O–H groups in total. The molecule has 2 aromatic heterocycles. The van der Waals surface area contributed by atoms with Gasteiger partial charge in [0.2, 0.25) is 0 Å². The summed E-state index contributed by atoms with van der Waals surface area (Å²) in [5.74, 6) is -0.250. The number of carbonyl (C=O) groups excluding carboxylic acids is 2. The highest BCUT2D eigenvalue weighted by Crippen LogP contribution is 2.31. The minimum absolute atomic E-state index is 0.270. The van der Waals surface area contributed by atoms with E-state index in [1.807, 2.05) is 63.2 Å². The van der Waals surface area contributed by atoms with Crippen LogP contribution in [0.3, 0.4) is 0 Å². The third-order valence-electron chi connectivity index (χ3n) is 5.14. The normalized spacial score (nSPS) is 10.9. The van der Waals surface area contributed by atoms with Crippen molar-refractivity contribution in [2.75, 3.05) is 11.9 Å². The highest BCUT2D eigenvalue weighted by atomic mass is 16.5. The lowest BCUT2D eigenvalue weighted by Crippen LogP contribution is -2.21. The summed E-state index contributed by atoms with van der Waals surface area (Å²) in [5, 5.41) is 6.93. The van der Waals surface area contributed by atoms with Crippen LogP contribution in [0, 0.1) is 27.7 Å². The van der Waals surface area contributed by atoms with E-state index in [0.717, 1.165) is 16.7 Å². The van der Waals surface area contributed by atoms with Crippen LogP contribution >= 0.6 is 0 Å². The van der Waals surface area contributed by atoms with Crippen molar-refractivity contribution in [3.05, 3.63) is 76.5 Å². The summed E-state index contributed by atoms with van der Waals surface area (Å²) in [6.07, 6.45) is 0. The molecule has 0 bridgehead atoms. The van der Waals surface area contributed by atoms with E-state index < -0.39 is 18.5 Å². The zero-order valence-electron chi connectivity index (χ0n) is 18.4. The molecule has 0 saturated heterocycles. The molecule has 0 fully saturated rings. The van der Waals surface area contributed by atoms with Crippen molar-refractivity contribution in [2.45, 2.75) is 27.7 Å². The van der Waals surface area contributed by atoms with Crippen molar-refractivity contribution in [3.8, 4) is 11.3 Å². The molecule has 7 nitrogen and oxygen atoms in total. The van der Waals surface area contributed by atoms with Crippen molar-refractivity contribution >= 4 is 28.6 Å². The van der Waals surface area contributed by atoms with Gasteiger partial charge in [0.15, 0.2) is 12.4 Å². The predicted molar refractivity (Wildman–Crippen MR) is 122 cm³/mol. The zero-order valence-corrected chi connectivity index (χ0v) is 18.4. The van der Waals surface area contributed by atoms with E-state index in [4.69, 9.17) is 14.2 Å². The maximum absolute atomic E-state index is 13.1. The molecule has 0 aliphatic rings. The lowest BCUT2D eigenvalue weighted by molar-refractivity contribution is -0.119. The minimum atomic E-state index is -0.583. The fraction of sp³-hybridized carbons (Fsp3) is 0.200. The van der Waals surface area contributed by atoms with E-state index in [1.165, 1.54) is 0 Å². The van der Waals surface area contributed by atoms with Gasteiger partial charge in [-0.1, -0.05) is 46.6 Å². The quantitative estimate of drug-likeness (QED) is 0.453. The topological polar surface area (TPSA) is 94.3 Å². The highest BCUT2D eigenvalue weighted by Gasteiger charge is 2.21. The fourth-order valence-electron chi connectivity index (χ4n) is 3.54.